The number of rotatable bonds is 3. The number of nitrogens with one attached hydrogen (secondary N) is 1. The van der Waals surface area contributed by atoms with Crippen LogP contribution >= 0.6 is 7.75 Å². The molecule has 4 nitrogen and oxygen atoms in total. The largest absolute Gasteiger partial charge is 0.400 e. The minimum Gasteiger partial charge on any atom is -0.313 e. The van der Waals surface area contributed by atoms with Gasteiger partial charge in [0.05, 0.1) is 0 Å². The lowest BCUT2D eigenvalue weighted by molar-refractivity contribution is -0.0675. The van der Waals surface area contributed by atoms with Crippen LogP contribution in [0.5, 0.6) is 0 Å². The zero-order chi connectivity index (χ0) is 12.3. The molecule has 4 saturated carbocycles. The molecule has 1 atom stereocenters. The third-order valence-electron chi connectivity index (χ3n) is 5.37. The summed E-state index contributed by atoms with van der Waals surface area (Å²) in [4.78, 5) is 18.2. The minimum atomic E-state index is -4.09. The van der Waals surface area contributed by atoms with Crippen LogP contribution in [0.2, 0.25) is 0 Å². The second kappa shape index (κ2) is 3.80. The second-order valence-corrected chi connectivity index (χ2v) is 8.02. The van der Waals surface area contributed by atoms with Gasteiger partial charge in [-0.05, 0) is 68.6 Å². The fourth-order valence-electron chi connectivity index (χ4n) is 5.10. The van der Waals surface area contributed by atoms with Crippen LogP contribution in [0.3, 0.4) is 0 Å². The van der Waals surface area contributed by atoms with E-state index in [9.17, 15) is 4.57 Å². The molecule has 4 fully saturated rings. The molecule has 0 aromatic carbocycles. The van der Waals surface area contributed by atoms with Crippen molar-refractivity contribution in [1.29, 1.82) is 0 Å². The number of hydrogen-bond donors (Lipinski definition) is 3. The minimum absolute atomic E-state index is 0.0586. The molecule has 4 bridgehead atoms. The molecule has 98 valence electrons. The van der Waals surface area contributed by atoms with Gasteiger partial charge in [0.1, 0.15) is 0 Å². The Morgan fingerprint density at radius 3 is 1.88 bits per heavy atom. The summed E-state index contributed by atoms with van der Waals surface area (Å²) in [6, 6.07) is -0.0586. The van der Waals surface area contributed by atoms with Crippen molar-refractivity contribution in [2.45, 2.75) is 51.5 Å². The third-order valence-corrected chi connectivity index (χ3v) is 6.09. The fourth-order valence-corrected chi connectivity index (χ4v) is 5.88. The van der Waals surface area contributed by atoms with E-state index in [-0.39, 0.29) is 11.5 Å². The summed E-state index contributed by atoms with van der Waals surface area (Å²) < 4.78 is 11.1. The molecule has 17 heavy (non-hydrogen) atoms. The van der Waals surface area contributed by atoms with Gasteiger partial charge in [-0.25, -0.2) is 9.65 Å². The molecular formula is C12H22NO3P. The van der Waals surface area contributed by atoms with Gasteiger partial charge in [0.2, 0.25) is 0 Å². The van der Waals surface area contributed by atoms with Crippen LogP contribution in [0.1, 0.15) is 45.4 Å². The molecule has 1 unspecified atom stereocenters. The van der Waals surface area contributed by atoms with Crippen LogP contribution < -0.4 is 5.09 Å². The van der Waals surface area contributed by atoms with Gasteiger partial charge in [0.15, 0.2) is 0 Å². The van der Waals surface area contributed by atoms with E-state index in [1.807, 2.05) is 6.92 Å². The summed E-state index contributed by atoms with van der Waals surface area (Å²) in [5, 5.41) is 2.54. The quantitative estimate of drug-likeness (QED) is 0.680. The van der Waals surface area contributed by atoms with Gasteiger partial charge in [-0.1, -0.05) is 0 Å². The highest BCUT2D eigenvalue weighted by molar-refractivity contribution is 7.49. The van der Waals surface area contributed by atoms with Crippen molar-refractivity contribution in [2.75, 3.05) is 0 Å². The predicted octanol–water partition coefficient (Wildman–Crippen LogP) is 2.27. The second-order valence-electron chi connectivity index (χ2n) is 6.67. The van der Waals surface area contributed by atoms with Crippen molar-refractivity contribution in [3.63, 3.8) is 0 Å². The van der Waals surface area contributed by atoms with E-state index in [2.05, 4.69) is 5.09 Å². The van der Waals surface area contributed by atoms with Gasteiger partial charge in [-0.15, -0.1) is 0 Å². The molecule has 0 aromatic rings. The fraction of sp³-hybridized carbons (Fsp3) is 1.00. The van der Waals surface area contributed by atoms with Gasteiger partial charge >= 0.3 is 7.75 Å². The molecule has 5 heteroatoms. The number of hydrogen-bond acceptors (Lipinski definition) is 1. The van der Waals surface area contributed by atoms with Crippen LogP contribution in [-0.4, -0.2) is 15.8 Å². The average molecular weight is 259 g/mol. The van der Waals surface area contributed by atoms with Crippen LogP contribution in [0, 0.1) is 23.2 Å². The summed E-state index contributed by atoms with van der Waals surface area (Å²) >= 11 is 0. The van der Waals surface area contributed by atoms with Crippen molar-refractivity contribution < 1.29 is 14.4 Å². The summed E-state index contributed by atoms with van der Waals surface area (Å²) in [6.45, 7) is 1.96. The maximum Gasteiger partial charge on any atom is 0.400 e. The molecule has 0 aromatic heterocycles. The Labute approximate surface area is 102 Å². The van der Waals surface area contributed by atoms with Gasteiger partial charge in [-0.3, -0.25) is 0 Å². The lowest BCUT2D eigenvalue weighted by atomic mass is 9.48. The Balaban J connectivity index is 1.79. The molecule has 4 rings (SSSR count). The molecule has 0 aliphatic heterocycles. The smallest absolute Gasteiger partial charge is 0.313 e. The molecular weight excluding hydrogens is 237 g/mol. The van der Waals surface area contributed by atoms with E-state index >= 15 is 0 Å². The maximum absolute atomic E-state index is 11.1. The van der Waals surface area contributed by atoms with E-state index in [0.29, 0.717) is 0 Å². The summed E-state index contributed by atoms with van der Waals surface area (Å²) in [5.74, 6) is 2.46. The molecule has 0 radical (unpaired) electrons. The molecule has 0 heterocycles. The van der Waals surface area contributed by atoms with Gasteiger partial charge < -0.3 is 9.79 Å². The van der Waals surface area contributed by atoms with Crippen molar-refractivity contribution in [2.24, 2.45) is 23.2 Å². The Morgan fingerprint density at radius 2 is 1.53 bits per heavy atom. The normalized spacial score (nSPS) is 46.2. The standard InChI is InChI=1S/C12H22NO3P/c1-8(13-17(14,15)16)12-5-9-2-10(6-12)4-11(3-9)7-12/h8-11H,2-7H2,1H3,(H3,13,14,15,16). The van der Waals surface area contributed by atoms with Crippen molar-refractivity contribution in [3.05, 3.63) is 0 Å². The highest BCUT2D eigenvalue weighted by Gasteiger charge is 2.53. The Morgan fingerprint density at radius 1 is 1.12 bits per heavy atom. The Kier molecular flexibility index (Phi) is 2.72. The molecule has 4 aliphatic rings. The SMILES string of the molecule is CC(NP(=O)(O)O)C12CC3CC(CC(C3)C1)C2. The first-order chi connectivity index (χ1) is 7.86. The zero-order valence-electron chi connectivity index (χ0n) is 10.3. The monoisotopic (exact) mass is 259 g/mol. The summed E-state index contributed by atoms with van der Waals surface area (Å²) in [5.41, 5.74) is 0.163. The van der Waals surface area contributed by atoms with E-state index in [1.54, 1.807) is 0 Å². The molecule has 0 amide bonds. The topological polar surface area (TPSA) is 69.6 Å². The van der Waals surface area contributed by atoms with E-state index < -0.39 is 7.75 Å². The highest BCUT2D eigenvalue weighted by Crippen LogP contribution is 2.61. The zero-order valence-corrected chi connectivity index (χ0v) is 11.2. The summed E-state index contributed by atoms with van der Waals surface area (Å²) in [6.07, 6.45) is 7.61. The first-order valence-corrected chi connectivity index (χ1v) is 8.31. The first-order valence-electron chi connectivity index (χ1n) is 6.70. The lowest BCUT2D eigenvalue weighted by Crippen LogP contribution is -2.54. The molecule has 0 spiro atoms. The van der Waals surface area contributed by atoms with Crippen LogP contribution in [0.4, 0.5) is 0 Å². The van der Waals surface area contributed by atoms with Crippen molar-refractivity contribution >= 4 is 7.75 Å². The van der Waals surface area contributed by atoms with Gasteiger partial charge in [0.25, 0.3) is 0 Å². The Hall–Kier alpha value is 0.110. The van der Waals surface area contributed by atoms with Gasteiger partial charge in [0, 0.05) is 6.04 Å². The average Bonchev–Trinajstić information content (AvgIpc) is 2.12. The van der Waals surface area contributed by atoms with Gasteiger partial charge in [-0.2, -0.15) is 0 Å². The third kappa shape index (κ3) is 2.21. The highest BCUT2D eigenvalue weighted by atomic mass is 31.2. The molecule has 3 N–H and O–H groups in total. The first kappa shape index (κ1) is 12.2. The van der Waals surface area contributed by atoms with E-state index in [0.717, 1.165) is 17.8 Å². The lowest BCUT2D eigenvalue weighted by Gasteiger charge is -2.59. The predicted molar refractivity (Wildman–Crippen MR) is 65.2 cm³/mol. The van der Waals surface area contributed by atoms with Crippen molar-refractivity contribution in [1.82, 2.24) is 5.09 Å². The van der Waals surface area contributed by atoms with Crippen LogP contribution in [-0.2, 0) is 4.57 Å². The maximum atomic E-state index is 11.1. The van der Waals surface area contributed by atoms with Crippen LogP contribution in [0.25, 0.3) is 0 Å². The van der Waals surface area contributed by atoms with Crippen molar-refractivity contribution in [3.8, 4) is 0 Å². The Bertz CT molecular complexity index is 329. The molecule has 4 aliphatic carbocycles. The molecule has 0 saturated heterocycles. The summed E-state index contributed by atoms with van der Waals surface area (Å²) in [7, 11) is -4.09. The van der Waals surface area contributed by atoms with Crippen LogP contribution in [0.15, 0.2) is 0 Å². The van der Waals surface area contributed by atoms with E-state index in [1.165, 1.54) is 38.5 Å². The van der Waals surface area contributed by atoms with E-state index in [4.69, 9.17) is 9.79 Å².